The van der Waals surface area contributed by atoms with Crippen LogP contribution in [0.3, 0.4) is 0 Å². The van der Waals surface area contributed by atoms with Crippen molar-refractivity contribution in [3.63, 3.8) is 0 Å². The Bertz CT molecular complexity index is 1110. The fraction of sp³-hybridized carbons (Fsp3) is 0.435. The quantitative estimate of drug-likeness (QED) is 0.589. The molecule has 166 valence electrons. The number of hydrogen-bond acceptors (Lipinski definition) is 7. The maximum atomic E-state index is 12.7. The number of benzene rings is 1. The van der Waals surface area contributed by atoms with Gasteiger partial charge in [-0.15, -0.1) is 5.10 Å². The predicted molar refractivity (Wildman–Crippen MR) is 117 cm³/mol. The van der Waals surface area contributed by atoms with Gasteiger partial charge in [0.15, 0.2) is 11.6 Å². The number of rotatable bonds is 6. The highest BCUT2D eigenvalue weighted by Gasteiger charge is 2.35. The molecule has 4 rings (SSSR count). The first-order valence-corrected chi connectivity index (χ1v) is 10.8. The van der Waals surface area contributed by atoms with Crippen molar-refractivity contribution in [3.8, 4) is 6.07 Å². The van der Waals surface area contributed by atoms with Crippen LogP contribution in [0.2, 0.25) is 0 Å². The molecule has 0 saturated carbocycles. The Hall–Kier alpha value is -3.51. The summed E-state index contributed by atoms with van der Waals surface area (Å²) in [5.41, 5.74) is 1.28. The Kier molecular flexibility index (Phi) is 6.06. The second-order valence-electron chi connectivity index (χ2n) is 8.56. The number of nitriles is 1. The molecule has 0 bridgehead atoms. The van der Waals surface area contributed by atoms with Crippen LogP contribution in [-0.2, 0) is 5.54 Å². The first-order valence-electron chi connectivity index (χ1n) is 10.8. The maximum absolute atomic E-state index is 12.7. The minimum absolute atomic E-state index is 0.102. The lowest BCUT2D eigenvalue weighted by Gasteiger charge is -2.39. The van der Waals surface area contributed by atoms with Crippen LogP contribution in [0.25, 0.3) is 0 Å². The van der Waals surface area contributed by atoms with E-state index in [0.29, 0.717) is 37.5 Å². The van der Waals surface area contributed by atoms with Gasteiger partial charge in [-0.2, -0.15) is 5.26 Å². The maximum Gasteiger partial charge on any atom is 0.289 e. The molecule has 1 fully saturated rings. The van der Waals surface area contributed by atoms with E-state index in [1.54, 1.807) is 23.1 Å². The third-order valence-electron chi connectivity index (χ3n) is 6.21. The standard InChI is InChI=1S/C23H27N7O2/c1-4-23(2,3)30-21(25-26-27-30)20(18-8-5-7-17(15-18)16-24)28-10-12-29(13-11-28)22(31)19-9-6-14-32-19/h5-9,14-15,20H,4,10-13H2,1-3H3/t20-/m0/s1. The predicted octanol–water partition coefficient (Wildman–Crippen LogP) is 2.83. The van der Waals surface area contributed by atoms with Gasteiger partial charge in [-0.25, -0.2) is 4.68 Å². The van der Waals surface area contributed by atoms with Crippen LogP contribution in [0.4, 0.5) is 0 Å². The summed E-state index contributed by atoms with van der Waals surface area (Å²) < 4.78 is 7.16. The average molecular weight is 434 g/mol. The minimum atomic E-state index is -0.263. The van der Waals surface area contributed by atoms with Gasteiger partial charge >= 0.3 is 0 Å². The summed E-state index contributed by atoms with van der Waals surface area (Å²) in [4.78, 5) is 16.8. The van der Waals surface area contributed by atoms with Gasteiger partial charge in [0.05, 0.1) is 29.5 Å². The van der Waals surface area contributed by atoms with Gasteiger partial charge in [-0.05, 0) is 60.5 Å². The van der Waals surface area contributed by atoms with Crippen LogP contribution in [0.5, 0.6) is 0 Å². The third kappa shape index (κ3) is 4.14. The molecule has 1 aromatic carbocycles. The van der Waals surface area contributed by atoms with E-state index in [-0.39, 0.29) is 17.5 Å². The summed E-state index contributed by atoms with van der Waals surface area (Å²) in [5.74, 6) is 0.984. The molecule has 0 N–H and O–H groups in total. The van der Waals surface area contributed by atoms with E-state index >= 15 is 0 Å². The molecule has 32 heavy (non-hydrogen) atoms. The summed E-state index contributed by atoms with van der Waals surface area (Å²) >= 11 is 0. The van der Waals surface area contributed by atoms with E-state index in [1.807, 2.05) is 22.9 Å². The summed E-state index contributed by atoms with van der Waals surface area (Å²) in [6.07, 6.45) is 2.37. The molecule has 1 atom stereocenters. The normalized spacial score (nSPS) is 16.0. The van der Waals surface area contributed by atoms with E-state index in [9.17, 15) is 10.1 Å². The van der Waals surface area contributed by atoms with Gasteiger partial charge in [0.2, 0.25) is 0 Å². The molecule has 9 heteroatoms. The number of amides is 1. The lowest BCUT2D eigenvalue weighted by molar-refractivity contribution is 0.0555. The molecular formula is C23H27N7O2. The SMILES string of the molecule is CCC(C)(C)n1nnnc1[C@H](c1cccc(C#N)c1)N1CCN(C(=O)c2ccco2)CC1. The van der Waals surface area contributed by atoms with Gasteiger partial charge < -0.3 is 9.32 Å². The van der Waals surface area contributed by atoms with Crippen molar-refractivity contribution in [1.82, 2.24) is 30.0 Å². The zero-order chi connectivity index (χ0) is 22.7. The Balaban J connectivity index is 1.65. The fourth-order valence-electron chi connectivity index (χ4n) is 3.99. The molecule has 0 spiro atoms. The molecule has 0 radical (unpaired) electrons. The first-order chi connectivity index (χ1) is 15.4. The minimum Gasteiger partial charge on any atom is -0.459 e. The van der Waals surface area contributed by atoms with Crippen LogP contribution in [0.15, 0.2) is 47.1 Å². The highest BCUT2D eigenvalue weighted by molar-refractivity contribution is 5.91. The van der Waals surface area contributed by atoms with Crippen LogP contribution in [0, 0.1) is 11.3 Å². The lowest BCUT2D eigenvalue weighted by atomic mass is 9.98. The lowest BCUT2D eigenvalue weighted by Crippen LogP contribution is -2.50. The van der Waals surface area contributed by atoms with Crippen LogP contribution in [-0.4, -0.2) is 62.1 Å². The Morgan fingerprint density at radius 1 is 1.22 bits per heavy atom. The summed E-state index contributed by atoms with van der Waals surface area (Å²) in [6.45, 7) is 8.74. The van der Waals surface area contributed by atoms with Crippen LogP contribution < -0.4 is 0 Å². The first kappa shape index (κ1) is 21.7. The van der Waals surface area contributed by atoms with Crippen molar-refractivity contribution in [3.05, 3.63) is 65.4 Å². The molecule has 3 heterocycles. The number of tetrazole rings is 1. The van der Waals surface area contributed by atoms with Gasteiger partial charge in [-0.1, -0.05) is 19.1 Å². The molecule has 0 aliphatic carbocycles. The molecule has 1 aliphatic rings. The van der Waals surface area contributed by atoms with Crippen molar-refractivity contribution >= 4 is 5.91 Å². The Labute approximate surface area is 187 Å². The summed E-state index contributed by atoms with van der Waals surface area (Å²) in [6, 6.07) is 13.0. The Morgan fingerprint density at radius 2 is 2.00 bits per heavy atom. The smallest absolute Gasteiger partial charge is 0.289 e. The van der Waals surface area contributed by atoms with Gasteiger partial charge in [-0.3, -0.25) is 9.69 Å². The number of hydrogen-bond donors (Lipinski definition) is 0. The number of carbonyl (C=O) groups is 1. The van der Waals surface area contributed by atoms with Crippen molar-refractivity contribution in [1.29, 1.82) is 5.26 Å². The molecule has 0 unspecified atom stereocenters. The second kappa shape index (κ2) is 8.93. The molecule has 9 nitrogen and oxygen atoms in total. The zero-order valence-corrected chi connectivity index (χ0v) is 18.6. The largest absolute Gasteiger partial charge is 0.459 e. The van der Waals surface area contributed by atoms with Crippen molar-refractivity contribution in [2.24, 2.45) is 0 Å². The van der Waals surface area contributed by atoms with Crippen molar-refractivity contribution in [2.45, 2.75) is 38.8 Å². The highest BCUT2D eigenvalue weighted by atomic mass is 16.3. The molecular weight excluding hydrogens is 406 g/mol. The monoisotopic (exact) mass is 433 g/mol. The number of carbonyl (C=O) groups excluding carboxylic acids is 1. The van der Waals surface area contributed by atoms with Crippen LogP contribution in [0.1, 0.15) is 60.7 Å². The number of furan rings is 1. The van der Waals surface area contributed by atoms with E-state index in [4.69, 9.17) is 4.42 Å². The van der Waals surface area contributed by atoms with E-state index in [0.717, 1.165) is 17.8 Å². The van der Waals surface area contributed by atoms with Gasteiger partial charge in [0, 0.05) is 26.2 Å². The van der Waals surface area contributed by atoms with Crippen molar-refractivity contribution < 1.29 is 9.21 Å². The van der Waals surface area contributed by atoms with E-state index in [2.05, 4.69) is 47.3 Å². The molecule has 1 saturated heterocycles. The van der Waals surface area contributed by atoms with Crippen LogP contribution >= 0.6 is 0 Å². The Morgan fingerprint density at radius 3 is 2.66 bits per heavy atom. The summed E-state index contributed by atoms with van der Waals surface area (Å²) in [5, 5.41) is 22.1. The highest BCUT2D eigenvalue weighted by Crippen LogP contribution is 2.32. The molecule has 3 aromatic rings. The van der Waals surface area contributed by atoms with E-state index in [1.165, 1.54) is 6.26 Å². The zero-order valence-electron chi connectivity index (χ0n) is 18.6. The number of nitrogens with zero attached hydrogens (tertiary/aromatic N) is 7. The average Bonchev–Trinajstić information content (AvgIpc) is 3.52. The third-order valence-corrected chi connectivity index (χ3v) is 6.21. The van der Waals surface area contributed by atoms with Gasteiger partial charge in [0.25, 0.3) is 5.91 Å². The number of piperazine rings is 1. The fourth-order valence-corrected chi connectivity index (χ4v) is 3.99. The number of aromatic nitrogens is 4. The molecule has 1 amide bonds. The van der Waals surface area contributed by atoms with E-state index < -0.39 is 0 Å². The topological polar surface area (TPSA) is 104 Å². The molecule has 2 aromatic heterocycles. The molecule has 1 aliphatic heterocycles. The van der Waals surface area contributed by atoms with Gasteiger partial charge in [0.1, 0.15) is 0 Å². The summed E-state index contributed by atoms with van der Waals surface area (Å²) in [7, 11) is 0. The second-order valence-corrected chi connectivity index (χ2v) is 8.56. The van der Waals surface area contributed by atoms with Crippen molar-refractivity contribution in [2.75, 3.05) is 26.2 Å².